The van der Waals surface area contributed by atoms with Crippen LogP contribution in [0.15, 0.2) is 18.2 Å². The van der Waals surface area contributed by atoms with Crippen LogP contribution in [-0.2, 0) is 16.8 Å². The summed E-state index contributed by atoms with van der Waals surface area (Å²) in [5, 5.41) is 19.4. The van der Waals surface area contributed by atoms with E-state index in [1.807, 2.05) is 13.0 Å². The summed E-state index contributed by atoms with van der Waals surface area (Å²) in [6.45, 7) is 3.60. The Bertz CT molecular complexity index is 414. The van der Waals surface area contributed by atoms with E-state index in [2.05, 4.69) is 0 Å². The fourth-order valence-corrected chi connectivity index (χ4v) is 1.76. The highest BCUT2D eigenvalue weighted by molar-refractivity contribution is 5.80. The molecular formula is C13H18O4. The van der Waals surface area contributed by atoms with Crippen molar-refractivity contribution in [2.45, 2.75) is 32.3 Å². The minimum absolute atomic E-state index is 0.0891. The van der Waals surface area contributed by atoms with E-state index in [1.165, 1.54) is 7.11 Å². The Hall–Kier alpha value is -1.55. The monoisotopic (exact) mass is 238 g/mol. The van der Waals surface area contributed by atoms with Gasteiger partial charge in [-0.25, -0.2) is 4.79 Å². The van der Waals surface area contributed by atoms with E-state index in [9.17, 15) is 9.90 Å². The van der Waals surface area contributed by atoms with Gasteiger partial charge in [0.15, 0.2) is 5.60 Å². The molecule has 1 atom stereocenters. The maximum absolute atomic E-state index is 11.2. The summed E-state index contributed by atoms with van der Waals surface area (Å²) in [5.41, 5.74) is -0.612. The molecule has 2 N–H and O–H groups in total. The average Bonchev–Trinajstić information content (AvgIpc) is 2.36. The zero-order valence-electron chi connectivity index (χ0n) is 10.4. The molecule has 1 unspecified atom stereocenters. The molecule has 0 aromatic heterocycles. The molecule has 0 aliphatic rings. The number of aryl methyl sites for hydroxylation is 1. The van der Waals surface area contributed by atoms with Crippen LogP contribution in [0.5, 0.6) is 5.75 Å². The quantitative estimate of drug-likeness (QED) is 0.822. The highest BCUT2D eigenvalue weighted by Crippen LogP contribution is 2.33. The van der Waals surface area contributed by atoms with Crippen LogP contribution in [0.25, 0.3) is 0 Å². The highest BCUT2D eigenvalue weighted by atomic mass is 16.5. The van der Waals surface area contributed by atoms with Crippen LogP contribution in [0.4, 0.5) is 0 Å². The zero-order valence-corrected chi connectivity index (χ0v) is 10.4. The fraction of sp³-hybridized carbons (Fsp3) is 0.462. The van der Waals surface area contributed by atoms with Crippen LogP contribution in [0.1, 0.15) is 31.4 Å². The van der Waals surface area contributed by atoms with E-state index in [0.717, 1.165) is 12.0 Å². The van der Waals surface area contributed by atoms with Crippen LogP contribution in [0.2, 0.25) is 0 Å². The van der Waals surface area contributed by atoms with E-state index < -0.39 is 11.6 Å². The van der Waals surface area contributed by atoms with Gasteiger partial charge in [-0.15, -0.1) is 0 Å². The molecule has 0 fully saturated rings. The minimum atomic E-state index is -1.89. The molecule has 0 aliphatic carbocycles. The lowest BCUT2D eigenvalue weighted by molar-refractivity contribution is -0.160. The summed E-state index contributed by atoms with van der Waals surface area (Å²) in [6, 6.07) is 5.24. The number of carbonyl (C=O) groups is 1. The Kier molecular flexibility index (Phi) is 4.12. The molecule has 0 saturated heterocycles. The summed E-state index contributed by atoms with van der Waals surface area (Å²) in [5.74, 6) is -0.861. The van der Waals surface area contributed by atoms with Crippen molar-refractivity contribution in [3.05, 3.63) is 29.3 Å². The Morgan fingerprint density at radius 2 is 2.06 bits per heavy atom. The SMILES string of the molecule is CCc1ccc(OC)c(C(O)(CC)C(=O)O)c1. The largest absolute Gasteiger partial charge is 0.496 e. The van der Waals surface area contributed by atoms with Gasteiger partial charge in [-0.3, -0.25) is 0 Å². The van der Waals surface area contributed by atoms with Crippen molar-refractivity contribution in [1.29, 1.82) is 0 Å². The third-order valence-corrected chi connectivity index (χ3v) is 2.98. The molecule has 94 valence electrons. The van der Waals surface area contributed by atoms with Crippen LogP contribution >= 0.6 is 0 Å². The van der Waals surface area contributed by atoms with Crippen molar-refractivity contribution in [1.82, 2.24) is 0 Å². The Morgan fingerprint density at radius 3 is 2.47 bits per heavy atom. The molecule has 17 heavy (non-hydrogen) atoms. The summed E-state index contributed by atoms with van der Waals surface area (Å²) < 4.78 is 5.12. The van der Waals surface area contributed by atoms with Gasteiger partial charge in [-0.2, -0.15) is 0 Å². The lowest BCUT2D eigenvalue weighted by atomic mass is 9.89. The standard InChI is InChI=1S/C13H18O4/c1-4-9-6-7-11(17-3)10(8-9)13(16,5-2)12(14)15/h6-8,16H,4-5H2,1-3H3,(H,14,15). The smallest absolute Gasteiger partial charge is 0.340 e. The molecule has 0 spiro atoms. The zero-order chi connectivity index (χ0) is 13.1. The number of carboxylic acids is 1. The average molecular weight is 238 g/mol. The number of ether oxygens (including phenoxy) is 1. The second-order valence-electron chi connectivity index (χ2n) is 3.91. The summed E-state index contributed by atoms with van der Waals surface area (Å²) in [4.78, 5) is 11.2. The first-order chi connectivity index (χ1) is 7.99. The highest BCUT2D eigenvalue weighted by Gasteiger charge is 2.38. The number of hydrogen-bond donors (Lipinski definition) is 2. The van der Waals surface area contributed by atoms with Gasteiger partial charge in [0, 0.05) is 5.56 Å². The topological polar surface area (TPSA) is 66.8 Å². The number of carboxylic acid groups (broad SMARTS) is 1. The van der Waals surface area contributed by atoms with Gasteiger partial charge in [-0.05, 0) is 30.5 Å². The van der Waals surface area contributed by atoms with Crippen LogP contribution in [0.3, 0.4) is 0 Å². The Balaban J connectivity index is 3.39. The molecule has 0 amide bonds. The molecule has 1 rings (SSSR count). The normalized spacial score (nSPS) is 14.1. The number of rotatable bonds is 5. The van der Waals surface area contributed by atoms with Gasteiger partial charge >= 0.3 is 5.97 Å². The van der Waals surface area contributed by atoms with Crippen LogP contribution in [-0.4, -0.2) is 23.3 Å². The number of aliphatic hydroxyl groups is 1. The van der Waals surface area contributed by atoms with Gasteiger partial charge < -0.3 is 14.9 Å². The van der Waals surface area contributed by atoms with Crippen LogP contribution < -0.4 is 4.74 Å². The number of methoxy groups -OCH3 is 1. The molecule has 0 heterocycles. The lowest BCUT2D eigenvalue weighted by Gasteiger charge is -2.24. The lowest BCUT2D eigenvalue weighted by Crippen LogP contribution is -2.35. The van der Waals surface area contributed by atoms with Crippen molar-refractivity contribution in [2.24, 2.45) is 0 Å². The van der Waals surface area contributed by atoms with Gasteiger partial charge in [0.25, 0.3) is 0 Å². The van der Waals surface area contributed by atoms with Crippen molar-refractivity contribution < 1.29 is 19.7 Å². The van der Waals surface area contributed by atoms with E-state index in [0.29, 0.717) is 11.3 Å². The van der Waals surface area contributed by atoms with Gasteiger partial charge in [0.2, 0.25) is 0 Å². The predicted molar refractivity (Wildman–Crippen MR) is 64.2 cm³/mol. The minimum Gasteiger partial charge on any atom is -0.496 e. The second kappa shape index (κ2) is 5.19. The molecule has 4 nitrogen and oxygen atoms in total. The first-order valence-corrected chi connectivity index (χ1v) is 5.62. The Morgan fingerprint density at radius 1 is 1.41 bits per heavy atom. The molecule has 4 heteroatoms. The van der Waals surface area contributed by atoms with Crippen molar-refractivity contribution in [3.63, 3.8) is 0 Å². The van der Waals surface area contributed by atoms with Crippen molar-refractivity contribution in [3.8, 4) is 5.75 Å². The summed E-state index contributed by atoms with van der Waals surface area (Å²) in [6.07, 6.45) is 0.863. The Labute approximate surface area is 101 Å². The van der Waals surface area contributed by atoms with Gasteiger partial charge in [0.05, 0.1) is 7.11 Å². The van der Waals surface area contributed by atoms with E-state index >= 15 is 0 Å². The van der Waals surface area contributed by atoms with Crippen molar-refractivity contribution >= 4 is 5.97 Å². The molecule has 0 radical (unpaired) electrons. The first-order valence-electron chi connectivity index (χ1n) is 5.62. The third kappa shape index (κ3) is 2.42. The third-order valence-electron chi connectivity index (χ3n) is 2.98. The maximum Gasteiger partial charge on any atom is 0.340 e. The van der Waals surface area contributed by atoms with Crippen molar-refractivity contribution in [2.75, 3.05) is 7.11 Å². The second-order valence-corrected chi connectivity index (χ2v) is 3.91. The molecule has 0 aliphatic heterocycles. The molecule has 1 aromatic carbocycles. The molecule has 1 aromatic rings. The number of aliphatic carboxylic acids is 1. The molecular weight excluding hydrogens is 220 g/mol. The number of benzene rings is 1. The first kappa shape index (κ1) is 13.5. The fourth-order valence-electron chi connectivity index (χ4n) is 1.76. The van der Waals surface area contributed by atoms with Gasteiger partial charge in [0.1, 0.15) is 5.75 Å². The summed E-state index contributed by atoms with van der Waals surface area (Å²) in [7, 11) is 1.46. The van der Waals surface area contributed by atoms with E-state index in [4.69, 9.17) is 9.84 Å². The van der Waals surface area contributed by atoms with Gasteiger partial charge in [-0.1, -0.05) is 19.9 Å². The van der Waals surface area contributed by atoms with E-state index in [-0.39, 0.29) is 6.42 Å². The number of hydrogen-bond acceptors (Lipinski definition) is 3. The maximum atomic E-state index is 11.2. The van der Waals surface area contributed by atoms with E-state index in [1.54, 1.807) is 19.1 Å². The predicted octanol–water partition coefficient (Wildman–Crippen LogP) is 1.94. The molecule has 0 saturated carbocycles. The summed E-state index contributed by atoms with van der Waals surface area (Å²) >= 11 is 0. The molecule has 0 bridgehead atoms. The van der Waals surface area contributed by atoms with Crippen LogP contribution in [0, 0.1) is 0 Å².